The summed E-state index contributed by atoms with van der Waals surface area (Å²) in [7, 11) is 1.71. The van der Waals surface area contributed by atoms with Gasteiger partial charge in [-0.25, -0.2) is 0 Å². The van der Waals surface area contributed by atoms with Gasteiger partial charge in [-0.05, 0) is 60.2 Å². The first kappa shape index (κ1) is 21.5. The lowest BCUT2D eigenvalue weighted by molar-refractivity contribution is 0.414. The number of aryl methyl sites for hydroxylation is 1. The number of hydrogen-bond donors (Lipinski definition) is 0. The minimum atomic E-state index is 0.452. The Hall–Kier alpha value is -2.25. The number of halogens is 1. The molecule has 0 saturated carbocycles. The van der Waals surface area contributed by atoms with Crippen LogP contribution in [0, 0.1) is 0 Å². The lowest BCUT2D eigenvalue weighted by atomic mass is 9.87. The van der Waals surface area contributed by atoms with Crippen molar-refractivity contribution in [2.75, 3.05) is 7.11 Å². The molecule has 0 saturated heterocycles. The zero-order valence-corrected chi connectivity index (χ0v) is 18.1. The van der Waals surface area contributed by atoms with Crippen LogP contribution in [-0.4, -0.2) is 7.11 Å². The second-order valence-corrected chi connectivity index (χ2v) is 8.11. The average Bonchev–Trinajstić information content (AvgIpc) is 2.77. The van der Waals surface area contributed by atoms with Gasteiger partial charge in [0, 0.05) is 10.9 Å². The van der Waals surface area contributed by atoms with Crippen molar-refractivity contribution in [2.45, 2.75) is 50.9 Å². The molecule has 0 aliphatic heterocycles. The molecule has 0 radical (unpaired) electrons. The molecular formula is C27H31ClO. The van der Waals surface area contributed by atoms with Crippen LogP contribution in [-0.2, 0) is 6.42 Å². The molecule has 0 aliphatic rings. The largest absolute Gasteiger partial charge is 0.497 e. The fraction of sp³-hybridized carbons (Fsp3) is 0.333. The molecule has 0 amide bonds. The molecule has 0 spiro atoms. The van der Waals surface area contributed by atoms with Gasteiger partial charge in [-0.15, -0.1) is 0 Å². The van der Waals surface area contributed by atoms with E-state index in [0.717, 1.165) is 17.2 Å². The first-order valence-corrected chi connectivity index (χ1v) is 11.1. The third-order valence-electron chi connectivity index (χ3n) is 5.59. The molecule has 1 atom stereocenters. The highest BCUT2D eigenvalue weighted by Gasteiger charge is 2.13. The Kier molecular flexibility index (Phi) is 8.64. The van der Waals surface area contributed by atoms with Crippen LogP contribution in [0.15, 0.2) is 78.9 Å². The van der Waals surface area contributed by atoms with Crippen LogP contribution in [0.1, 0.15) is 61.1 Å². The average molecular weight is 407 g/mol. The predicted octanol–water partition coefficient (Wildman–Crippen LogP) is 8.06. The number of benzene rings is 3. The van der Waals surface area contributed by atoms with E-state index >= 15 is 0 Å². The molecule has 2 heteroatoms. The predicted molar refractivity (Wildman–Crippen MR) is 124 cm³/mol. The molecule has 1 unspecified atom stereocenters. The normalized spacial score (nSPS) is 11.9. The van der Waals surface area contributed by atoms with Crippen LogP contribution in [0.2, 0.25) is 5.02 Å². The smallest absolute Gasteiger partial charge is 0.118 e. The molecule has 152 valence electrons. The molecule has 0 aliphatic carbocycles. The highest BCUT2D eigenvalue weighted by Crippen LogP contribution is 2.31. The lowest BCUT2D eigenvalue weighted by Gasteiger charge is -2.18. The summed E-state index contributed by atoms with van der Waals surface area (Å²) in [6, 6.07) is 27.7. The molecule has 3 aromatic rings. The zero-order chi connectivity index (χ0) is 20.3. The topological polar surface area (TPSA) is 9.23 Å². The van der Waals surface area contributed by atoms with Gasteiger partial charge in [-0.2, -0.15) is 0 Å². The minimum Gasteiger partial charge on any atom is -0.497 e. The Labute approximate surface area is 180 Å². The van der Waals surface area contributed by atoms with Gasteiger partial charge < -0.3 is 4.74 Å². The van der Waals surface area contributed by atoms with Crippen LogP contribution in [0.5, 0.6) is 5.75 Å². The third-order valence-corrected chi connectivity index (χ3v) is 5.84. The molecule has 1 nitrogen and oxygen atoms in total. The van der Waals surface area contributed by atoms with E-state index in [9.17, 15) is 0 Å². The van der Waals surface area contributed by atoms with Gasteiger partial charge in [0.05, 0.1) is 7.11 Å². The van der Waals surface area contributed by atoms with Crippen molar-refractivity contribution in [3.63, 3.8) is 0 Å². The number of ether oxygens (including phenoxy) is 1. The number of hydrogen-bond acceptors (Lipinski definition) is 1. The maximum atomic E-state index is 6.09. The van der Waals surface area contributed by atoms with Crippen LogP contribution < -0.4 is 4.74 Å². The van der Waals surface area contributed by atoms with E-state index in [4.69, 9.17) is 16.3 Å². The molecule has 3 aromatic carbocycles. The van der Waals surface area contributed by atoms with Gasteiger partial charge in [-0.3, -0.25) is 0 Å². The maximum absolute atomic E-state index is 6.09. The van der Waals surface area contributed by atoms with Gasteiger partial charge in [-0.1, -0.05) is 91.9 Å². The highest BCUT2D eigenvalue weighted by molar-refractivity contribution is 6.30. The van der Waals surface area contributed by atoms with E-state index in [1.165, 1.54) is 55.2 Å². The molecule has 0 bridgehead atoms. The maximum Gasteiger partial charge on any atom is 0.118 e. The molecule has 0 fully saturated rings. The second kappa shape index (κ2) is 11.7. The summed E-state index contributed by atoms with van der Waals surface area (Å²) in [6.07, 6.45) is 8.74. The zero-order valence-electron chi connectivity index (χ0n) is 17.3. The van der Waals surface area contributed by atoms with Gasteiger partial charge in [0.2, 0.25) is 0 Å². The third kappa shape index (κ3) is 6.94. The van der Waals surface area contributed by atoms with E-state index in [1.807, 2.05) is 12.1 Å². The Morgan fingerprint density at radius 3 is 2.00 bits per heavy atom. The van der Waals surface area contributed by atoms with E-state index in [-0.39, 0.29) is 0 Å². The summed E-state index contributed by atoms with van der Waals surface area (Å²) in [6.45, 7) is 0. The van der Waals surface area contributed by atoms with Crippen molar-refractivity contribution in [1.82, 2.24) is 0 Å². The Morgan fingerprint density at radius 1 is 0.690 bits per heavy atom. The van der Waals surface area contributed by atoms with Crippen LogP contribution in [0.4, 0.5) is 0 Å². The highest BCUT2D eigenvalue weighted by atomic mass is 35.5. The number of methoxy groups -OCH3 is 1. The molecule has 0 aromatic heterocycles. The lowest BCUT2D eigenvalue weighted by Crippen LogP contribution is -2.01. The first-order valence-electron chi connectivity index (χ1n) is 10.7. The number of rotatable bonds is 11. The van der Waals surface area contributed by atoms with Crippen LogP contribution in [0.3, 0.4) is 0 Å². The number of unbranched alkanes of at least 4 members (excludes halogenated alkanes) is 4. The second-order valence-electron chi connectivity index (χ2n) is 7.67. The Morgan fingerprint density at radius 2 is 1.31 bits per heavy atom. The standard InChI is InChI=1S/C27H31ClO/c1-29-26-20-14-22(15-21-26)10-6-3-2-4-9-13-27(23-11-7-5-8-12-23)24-16-18-25(28)19-17-24/h5,7-8,11-12,14-21,27H,2-4,6,9-10,13H2,1H3. The summed E-state index contributed by atoms with van der Waals surface area (Å²) < 4.78 is 5.22. The molecular weight excluding hydrogens is 376 g/mol. The molecule has 0 N–H and O–H groups in total. The van der Waals surface area contributed by atoms with Gasteiger partial charge in [0.15, 0.2) is 0 Å². The van der Waals surface area contributed by atoms with E-state index in [1.54, 1.807) is 7.11 Å². The van der Waals surface area contributed by atoms with Crippen molar-refractivity contribution in [3.8, 4) is 5.75 Å². The summed E-state index contributed by atoms with van der Waals surface area (Å²) in [5.74, 6) is 1.38. The van der Waals surface area contributed by atoms with E-state index < -0.39 is 0 Å². The van der Waals surface area contributed by atoms with Gasteiger partial charge in [0.25, 0.3) is 0 Å². The van der Waals surface area contributed by atoms with E-state index in [2.05, 4.69) is 66.7 Å². The van der Waals surface area contributed by atoms with Crippen LogP contribution in [0.25, 0.3) is 0 Å². The van der Waals surface area contributed by atoms with Crippen molar-refractivity contribution in [2.24, 2.45) is 0 Å². The minimum absolute atomic E-state index is 0.452. The monoisotopic (exact) mass is 406 g/mol. The van der Waals surface area contributed by atoms with Gasteiger partial charge in [0.1, 0.15) is 5.75 Å². The summed E-state index contributed by atoms with van der Waals surface area (Å²) in [4.78, 5) is 0. The van der Waals surface area contributed by atoms with Crippen LogP contribution >= 0.6 is 11.6 Å². The summed E-state index contributed by atoms with van der Waals surface area (Å²) in [5.41, 5.74) is 4.16. The van der Waals surface area contributed by atoms with Crippen molar-refractivity contribution >= 4 is 11.6 Å². The fourth-order valence-corrected chi connectivity index (χ4v) is 4.03. The SMILES string of the molecule is COc1ccc(CCCCCCCC(c2ccccc2)c2ccc(Cl)cc2)cc1. The van der Waals surface area contributed by atoms with E-state index in [0.29, 0.717) is 5.92 Å². The summed E-state index contributed by atoms with van der Waals surface area (Å²) in [5, 5.41) is 0.803. The van der Waals surface area contributed by atoms with Crippen molar-refractivity contribution in [1.29, 1.82) is 0 Å². The Bertz CT molecular complexity index is 825. The molecule has 3 rings (SSSR count). The Balaban J connectivity index is 1.42. The fourth-order valence-electron chi connectivity index (χ4n) is 3.91. The van der Waals surface area contributed by atoms with Crippen molar-refractivity contribution in [3.05, 3.63) is 101 Å². The summed E-state index contributed by atoms with van der Waals surface area (Å²) >= 11 is 6.09. The van der Waals surface area contributed by atoms with Gasteiger partial charge >= 0.3 is 0 Å². The molecule has 0 heterocycles. The molecule has 29 heavy (non-hydrogen) atoms. The quantitative estimate of drug-likeness (QED) is 0.292. The first-order chi connectivity index (χ1) is 14.3. The van der Waals surface area contributed by atoms with Crippen molar-refractivity contribution < 1.29 is 4.74 Å².